The number of anilines is 8. The molecule has 544 valence electrons. The third-order valence-electron chi connectivity index (χ3n) is 10.9. The van der Waals surface area contributed by atoms with Crippen molar-refractivity contribution in [2.24, 2.45) is 0 Å². The van der Waals surface area contributed by atoms with E-state index in [4.69, 9.17) is 56.9 Å². The first kappa shape index (κ1) is 89.9. The van der Waals surface area contributed by atoms with E-state index in [1.54, 1.807) is 89.5 Å². The van der Waals surface area contributed by atoms with E-state index in [9.17, 15) is 33.2 Å². The van der Waals surface area contributed by atoms with Crippen LogP contribution < -0.4 is 42.5 Å². The summed E-state index contributed by atoms with van der Waals surface area (Å²) >= 11 is 4.97. The van der Waals surface area contributed by atoms with Gasteiger partial charge in [0.1, 0.15) is 59.6 Å². The standard InChI is InChI=1S/C17H22N4O4.C12H14N4O2.C9H16N4O2.C8H7ClO2.C8H9FN2O.C8H14N4O2.3CH4.ClH/c1-17(2,3)25-15(22)19-14-13(10-18-20-14)21(4)16(23)24-11-12-8-6-5-7-9-12;1-16(10-7-14-15-11(10)13)12(17)18-8-9-5-3-2-4-6-9;1-9(2,3)15-8(14)12-7-6(10-4)5-11-13-7;9-8(10)11-6-7-4-2-1-3-5-7;1-2-12-8(10)6-3-7(9)5-11-4-6;1-8(2,3)14-7(13)11-6-5(9)4-10-12-6;;;;/h5-10H,11H2,1-4H3,(H2,18,19,20,22);2-7H,8H2,1H3,(H3,13,14,15);5,10H,1-4H3,(H2,11,12,13,14);1-5H,6H2;3-5,10H,2H2,1H3;4H,9H2,1-3H3,(H2,10,11,12,13);3*1H4;1H. The quantitative estimate of drug-likeness (QED) is 0.0208. The fourth-order valence-electron chi connectivity index (χ4n) is 6.67. The number of hydrogen-bond acceptors (Lipinski definition) is 22. The van der Waals surface area contributed by atoms with Gasteiger partial charge in [0.25, 0.3) is 0 Å². The zero-order valence-corrected chi connectivity index (χ0v) is 56.9. The predicted molar refractivity (Wildman–Crippen MR) is 385 cm³/mol. The SMILES string of the molecule is C.C.C.CC(C)(C)OC(=O)Nc1[nH]ncc1N.CCOC(=N)c1cncc(F)c1.CN(C(=O)OCc1ccccc1)c1cn[nH]c1N.CN(C(=O)OCc1ccccc1)c1cn[nH]c1NC(=O)OC(C)(C)C.CNc1cn[nH]c1NC(=O)OC(C)(C)C.Cl.O=C(Cl)OCc1ccccc1. The Morgan fingerprint density at radius 2 is 0.929 bits per heavy atom. The summed E-state index contributed by atoms with van der Waals surface area (Å²) < 4.78 is 47.7. The van der Waals surface area contributed by atoms with Crippen molar-refractivity contribution in [3.05, 3.63) is 162 Å². The van der Waals surface area contributed by atoms with Crippen LogP contribution in [0.3, 0.4) is 0 Å². The summed E-state index contributed by atoms with van der Waals surface area (Å²) in [5, 5.41) is 43.1. The summed E-state index contributed by atoms with van der Waals surface area (Å²) in [5.74, 6) is 0.898. The van der Waals surface area contributed by atoms with Crippen LogP contribution in [0.15, 0.2) is 134 Å². The van der Waals surface area contributed by atoms with Gasteiger partial charge in [0, 0.05) is 38.9 Å². The number of benzene rings is 3. The fraction of sp³-hybridized carbons (Fsp3) is 0.354. The number of nitrogens with two attached hydrogens (primary N) is 2. The average Bonchev–Trinajstić information content (AvgIpc) is 1.75. The van der Waals surface area contributed by atoms with Crippen molar-refractivity contribution < 1.29 is 66.3 Å². The van der Waals surface area contributed by atoms with Crippen LogP contribution in [0, 0.1) is 11.2 Å². The van der Waals surface area contributed by atoms with Crippen molar-refractivity contribution in [2.75, 3.05) is 70.3 Å². The molecule has 5 amide bonds. The van der Waals surface area contributed by atoms with Gasteiger partial charge < -0.3 is 49.9 Å². The lowest BCUT2D eigenvalue weighted by molar-refractivity contribution is 0.0624. The monoisotopic (exact) mass is 1420 g/mol. The maximum Gasteiger partial charge on any atom is 0.414 e. The first-order valence-corrected chi connectivity index (χ1v) is 29.0. The smallest absolute Gasteiger partial charge is 0.414 e. The van der Waals surface area contributed by atoms with E-state index in [1.165, 1.54) is 47.7 Å². The van der Waals surface area contributed by atoms with Crippen LogP contribution in [0.25, 0.3) is 0 Å². The van der Waals surface area contributed by atoms with Crippen LogP contribution in [0.1, 0.15) is 114 Å². The Morgan fingerprint density at radius 1 is 0.545 bits per heavy atom. The minimum absolute atomic E-state index is 0. The van der Waals surface area contributed by atoms with Crippen molar-refractivity contribution in [1.29, 1.82) is 5.41 Å². The molecule has 0 saturated heterocycles. The van der Waals surface area contributed by atoms with Crippen LogP contribution in [-0.2, 0) is 53.0 Å². The number of hydrogen-bond donors (Lipinski definition) is 11. The largest absolute Gasteiger partial charge is 0.478 e. The average molecular weight is 1430 g/mol. The van der Waals surface area contributed by atoms with Gasteiger partial charge >= 0.3 is 35.9 Å². The van der Waals surface area contributed by atoms with E-state index in [0.717, 1.165) is 22.9 Å². The number of pyridine rings is 1. The van der Waals surface area contributed by atoms with Crippen molar-refractivity contribution >= 4 is 112 Å². The number of nitrogen functional groups attached to an aromatic ring is 2. The molecule has 31 nitrogen and oxygen atoms in total. The summed E-state index contributed by atoms with van der Waals surface area (Å²) in [4.78, 5) is 74.8. The number of carbonyl (C=O) groups excluding carboxylic acids is 6. The van der Waals surface area contributed by atoms with Gasteiger partial charge in [-0.2, -0.15) is 20.4 Å². The first-order chi connectivity index (χ1) is 44.8. The Bertz CT molecular complexity index is 3640. The van der Waals surface area contributed by atoms with Crippen LogP contribution in [0.5, 0.6) is 0 Å². The molecule has 0 atom stereocenters. The van der Waals surface area contributed by atoms with Crippen molar-refractivity contribution in [3.8, 4) is 0 Å². The highest BCUT2D eigenvalue weighted by Crippen LogP contribution is 2.25. The van der Waals surface area contributed by atoms with E-state index in [2.05, 4.69) is 71.8 Å². The van der Waals surface area contributed by atoms with E-state index < -0.39 is 58.5 Å². The van der Waals surface area contributed by atoms with Crippen molar-refractivity contribution in [3.63, 3.8) is 0 Å². The number of aromatic nitrogens is 9. The van der Waals surface area contributed by atoms with Gasteiger partial charge in [-0.05, 0) is 92.0 Å². The maximum atomic E-state index is 12.6. The highest BCUT2D eigenvalue weighted by molar-refractivity contribution is 6.61. The number of halogens is 3. The van der Waals surface area contributed by atoms with E-state index in [-0.39, 0.29) is 66.2 Å². The van der Waals surface area contributed by atoms with Gasteiger partial charge in [-0.25, -0.2) is 33.2 Å². The van der Waals surface area contributed by atoms with Gasteiger partial charge in [0.2, 0.25) is 5.90 Å². The number of nitrogens with one attached hydrogen (secondary N) is 9. The fourth-order valence-corrected chi connectivity index (χ4v) is 6.73. The topological polar surface area (TPSA) is 425 Å². The zero-order valence-electron chi connectivity index (χ0n) is 55.3. The molecule has 0 saturated carbocycles. The second-order valence-corrected chi connectivity index (χ2v) is 22.5. The van der Waals surface area contributed by atoms with Gasteiger partial charge in [-0.1, -0.05) is 113 Å². The highest BCUT2D eigenvalue weighted by Gasteiger charge is 2.23. The minimum Gasteiger partial charge on any atom is -0.478 e. The predicted octanol–water partition coefficient (Wildman–Crippen LogP) is 14.9. The number of aromatic amines is 4. The number of ether oxygens (including phenoxy) is 7. The molecule has 8 aromatic rings. The Balaban J connectivity index is 0. The third kappa shape index (κ3) is 37.1. The highest BCUT2D eigenvalue weighted by atomic mass is 35.5. The normalized spacial score (nSPS) is 9.97. The van der Waals surface area contributed by atoms with Gasteiger partial charge in [-0.3, -0.25) is 56.5 Å². The summed E-state index contributed by atoms with van der Waals surface area (Å²) in [5.41, 5.74) is 13.7. The maximum absolute atomic E-state index is 12.6. The molecule has 0 aliphatic heterocycles. The molecule has 0 radical (unpaired) electrons. The second kappa shape index (κ2) is 45.3. The van der Waals surface area contributed by atoms with Gasteiger partial charge in [-0.15, -0.1) is 12.4 Å². The van der Waals surface area contributed by atoms with Crippen LogP contribution in [0.2, 0.25) is 0 Å². The molecule has 5 aromatic heterocycles. The third-order valence-corrected chi connectivity index (χ3v) is 11.0. The number of carbonyl (C=O) groups is 6. The number of rotatable bonds is 14. The lowest BCUT2D eigenvalue weighted by Gasteiger charge is -2.20. The first-order valence-electron chi connectivity index (χ1n) is 28.7. The van der Waals surface area contributed by atoms with Gasteiger partial charge in [0.15, 0.2) is 17.5 Å². The Labute approximate surface area is 587 Å². The van der Waals surface area contributed by atoms with Crippen LogP contribution in [0.4, 0.5) is 79.2 Å². The molecule has 0 spiro atoms. The lowest BCUT2D eigenvalue weighted by Crippen LogP contribution is -2.30. The molecule has 0 unspecified atom stereocenters. The lowest BCUT2D eigenvalue weighted by atomic mass is 10.2. The molecule has 34 heteroatoms. The van der Waals surface area contributed by atoms with E-state index in [0.29, 0.717) is 52.4 Å². The molecule has 0 aliphatic carbocycles. The summed E-state index contributed by atoms with van der Waals surface area (Å²) in [6.07, 6.45) is 5.57. The molecule has 0 fully saturated rings. The molecule has 99 heavy (non-hydrogen) atoms. The zero-order chi connectivity index (χ0) is 70.7. The molecule has 8 rings (SSSR count). The number of nitrogens with zero attached hydrogens (tertiary/aromatic N) is 7. The molecular formula is C65H95Cl2FN18O13. The second-order valence-electron chi connectivity index (χ2n) is 22.2. The van der Waals surface area contributed by atoms with Crippen molar-refractivity contribution in [1.82, 2.24) is 45.8 Å². The Hall–Kier alpha value is -11.2. The number of amides is 5. The van der Waals surface area contributed by atoms with Crippen LogP contribution >= 0.6 is 24.0 Å². The molecule has 13 N–H and O–H groups in total. The van der Waals surface area contributed by atoms with E-state index >= 15 is 0 Å². The number of H-pyrrole nitrogens is 4. The molecule has 0 aliphatic rings. The van der Waals surface area contributed by atoms with Gasteiger partial charge in [0.05, 0.1) is 54.5 Å². The molecular weight excluding hydrogens is 1330 g/mol. The Kier molecular flexibility index (Phi) is 41.2. The Morgan fingerprint density at radius 3 is 1.32 bits per heavy atom. The minimum atomic E-state index is -0.770. The molecule has 0 bridgehead atoms. The summed E-state index contributed by atoms with van der Waals surface area (Å²) in [6.45, 7) is 18.8. The molecule has 5 heterocycles. The van der Waals surface area contributed by atoms with Crippen molar-refractivity contribution in [2.45, 2.75) is 128 Å². The molecule has 3 aromatic carbocycles. The van der Waals surface area contributed by atoms with E-state index in [1.807, 2.05) is 91.0 Å². The summed E-state index contributed by atoms with van der Waals surface area (Å²) in [6, 6.07) is 29.4. The van der Waals surface area contributed by atoms with Crippen LogP contribution in [-0.4, -0.2) is 132 Å². The summed E-state index contributed by atoms with van der Waals surface area (Å²) in [7, 11) is 4.85.